The lowest BCUT2D eigenvalue weighted by atomic mass is 9.80. The zero-order chi connectivity index (χ0) is 18.2. The smallest absolute Gasteiger partial charge is 0.0702 e. The maximum atomic E-state index is 5.94. The standard InChI is InChI=1S/C24H26ClN/c1-2-3-4-5-19-6-8-20(9-7-19)10-11-21-12-17-24(26-18-21)22-13-15-23(25)16-14-22/h2,12-20H,1,3-9H2/t19-,20-. The number of aromatic nitrogens is 1. The normalized spacial score (nSPS) is 19.4. The Bertz CT molecular complexity index is 757. The lowest BCUT2D eigenvalue weighted by Crippen LogP contribution is -2.13. The highest BCUT2D eigenvalue weighted by atomic mass is 35.5. The van der Waals surface area contributed by atoms with Gasteiger partial charge in [0.15, 0.2) is 0 Å². The van der Waals surface area contributed by atoms with Crippen LogP contribution >= 0.6 is 11.6 Å². The Morgan fingerprint density at radius 3 is 2.50 bits per heavy atom. The zero-order valence-electron chi connectivity index (χ0n) is 15.3. The quantitative estimate of drug-likeness (QED) is 0.319. The molecule has 1 saturated carbocycles. The van der Waals surface area contributed by atoms with Crippen molar-refractivity contribution in [1.29, 1.82) is 0 Å². The van der Waals surface area contributed by atoms with Gasteiger partial charge in [-0.1, -0.05) is 48.1 Å². The first-order chi connectivity index (χ1) is 12.7. The minimum Gasteiger partial charge on any atom is -0.255 e. The van der Waals surface area contributed by atoms with Gasteiger partial charge in [0.25, 0.3) is 0 Å². The molecule has 26 heavy (non-hydrogen) atoms. The SMILES string of the molecule is C=CCCC[C@H]1CC[C@H](C#Cc2ccc(-c3ccc(Cl)cc3)nc2)CC1. The molecule has 0 aliphatic heterocycles. The molecule has 1 aliphatic rings. The fourth-order valence-electron chi connectivity index (χ4n) is 3.59. The van der Waals surface area contributed by atoms with Gasteiger partial charge in [-0.05, 0) is 68.7 Å². The minimum absolute atomic E-state index is 0.543. The third kappa shape index (κ3) is 5.48. The Labute approximate surface area is 162 Å². The molecule has 1 fully saturated rings. The summed E-state index contributed by atoms with van der Waals surface area (Å²) >= 11 is 5.94. The number of nitrogens with zero attached hydrogens (tertiary/aromatic N) is 1. The van der Waals surface area contributed by atoms with Crippen molar-refractivity contribution in [2.24, 2.45) is 11.8 Å². The van der Waals surface area contributed by atoms with Crippen LogP contribution in [0.5, 0.6) is 0 Å². The molecule has 0 unspecified atom stereocenters. The predicted octanol–water partition coefficient (Wildman–Crippen LogP) is 6.92. The van der Waals surface area contributed by atoms with Gasteiger partial charge in [-0.2, -0.15) is 0 Å². The van der Waals surface area contributed by atoms with Gasteiger partial charge in [-0.25, -0.2) is 0 Å². The lowest BCUT2D eigenvalue weighted by molar-refractivity contribution is 0.297. The van der Waals surface area contributed by atoms with Crippen molar-refractivity contribution in [2.45, 2.75) is 44.9 Å². The molecule has 2 aromatic rings. The number of hydrogen-bond acceptors (Lipinski definition) is 1. The van der Waals surface area contributed by atoms with Crippen LogP contribution in [0.3, 0.4) is 0 Å². The molecule has 0 saturated heterocycles. The summed E-state index contributed by atoms with van der Waals surface area (Å²) in [6, 6.07) is 11.8. The second kappa shape index (κ2) is 9.60. The summed E-state index contributed by atoms with van der Waals surface area (Å²) < 4.78 is 0. The van der Waals surface area contributed by atoms with Crippen LogP contribution in [0.1, 0.15) is 50.5 Å². The monoisotopic (exact) mass is 363 g/mol. The first-order valence-corrected chi connectivity index (χ1v) is 9.97. The van der Waals surface area contributed by atoms with E-state index in [1.165, 1.54) is 38.5 Å². The van der Waals surface area contributed by atoms with Crippen LogP contribution in [0.2, 0.25) is 5.02 Å². The summed E-state index contributed by atoms with van der Waals surface area (Å²) in [6.45, 7) is 3.81. The van der Waals surface area contributed by atoms with Crippen LogP contribution in [-0.4, -0.2) is 4.98 Å². The van der Waals surface area contributed by atoms with Crippen LogP contribution in [0.4, 0.5) is 0 Å². The van der Waals surface area contributed by atoms with Crippen molar-refractivity contribution in [3.8, 4) is 23.1 Å². The van der Waals surface area contributed by atoms with E-state index in [1.807, 2.05) is 42.6 Å². The van der Waals surface area contributed by atoms with E-state index in [1.54, 1.807) is 0 Å². The molecule has 134 valence electrons. The largest absolute Gasteiger partial charge is 0.255 e. The minimum atomic E-state index is 0.543. The van der Waals surface area contributed by atoms with E-state index < -0.39 is 0 Å². The van der Waals surface area contributed by atoms with E-state index in [-0.39, 0.29) is 0 Å². The van der Waals surface area contributed by atoms with E-state index in [2.05, 4.69) is 29.5 Å². The lowest BCUT2D eigenvalue weighted by Gasteiger charge is -2.25. The van der Waals surface area contributed by atoms with E-state index >= 15 is 0 Å². The van der Waals surface area contributed by atoms with Gasteiger partial charge in [0, 0.05) is 28.3 Å². The Hall–Kier alpha value is -2.04. The third-order valence-corrected chi connectivity index (χ3v) is 5.44. The molecule has 0 spiro atoms. The van der Waals surface area contributed by atoms with Gasteiger partial charge >= 0.3 is 0 Å². The summed E-state index contributed by atoms with van der Waals surface area (Å²) in [5, 5.41) is 0.742. The number of pyridine rings is 1. The Kier molecular flexibility index (Phi) is 6.92. The van der Waals surface area contributed by atoms with Crippen molar-refractivity contribution >= 4 is 11.6 Å². The summed E-state index contributed by atoms with van der Waals surface area (Å²) in [5.74, 6) is 8.23. The number of unbranched alkanes of at least 4 members (excludes halogenated alkanes) is 1. The van der Waals surface area contributed by atoms with Gasteiger partial charge in [-0.3, -0.25) is 4.98 Å². The van der Waals surface area contributed by atoms with Gasteiger partial charge in [-0.15, -0.1) is 6.58 Å². The van der Waals surface area contributed by atoms with Crippen LogP contribution < -0.4 is 0 Å². The van der Waals surface area contributed by atoms with Crippen molar-refractivity contribution in [3.63, 3.8) is 0 Å². The van der Waals surface area contributed by atoms with Gasteiger partial charge in [0.1, 0.15) is 0 Å². The zero-order valence-corrected chi connectivity index (χ0v) is 16.0. The molecule has 1 heterocycles. The molecule has 0 amide bonds. The Balaban J connectivity index is 1.52. The highest BCUT2D eigenvalue weighted by molar-refractivity contribution is 6.30. The topological polar surface area (TPSA) is 12.9 Å². The molecule has 0 radical (unpaired) electrons. The summed E-state index contributed by atoms with van der Waals surface area (Å²) in [7, 11) is 0. The second-order valence-corrected chi connectivity index (χ2v) is 7.58. The van der Waals surface area contributed by atoms with Gasteiger partial charge in [0.2, 0.25) is 0 Å². The third-order valence-electron chi connectivity index (χ3n) is 5.19. The summed E-state index contributed by atoms with van der Waals surface area (Å²) in [6.07, 6.45) is 12.8. The van der Waals surface area contributed by atoms with Crippen molar-refractivity contribution in [3.05, 3.63) is 65.8 Å². The maximum Gasteiger partial charge on any atom is 0.0702 e. The molecule has 1 aliphatic carbocycles. The number of halogens is 1. The van der Waals surface area contributed by atoms with Crippen LogP contribution in [0.25, 0.3) is 11.3 Å². The van der Waals surface area contributed by atoms with Gasteiger partial charge < -0.3 is 0 Å². The highest BCUT2D eigenvalue weighted by Crippen LogP contribution is 2.31. The van der Waals surface area contributed by atoms with E-state index in [9.17, 15) is 0 Å². The average Bonchev–Trinajstić information content (AvgIpc) is 2.69. The molecule has 1 aromatic heterocycles. The molecule has 1 aromatic carbocycles. The molecule has 0 bridgehead atoms. The average molecular weight is 364 g/mol. The van der Waals surface area contributed by atoms with Crippen molar-refractivity contribution in [2.75, 3.05) is 0 Å². The first-order valence-electron chi connectivity index (χ1n) is 9.59. The van der Waals surface area contributed by atoms with Crippen LogP contribution in [-0.2, 0) is 0 Å². The molecule has 2 heteroatoms. The van der Waals surface area contributed by atoms with Gasteiger partial charge in [0.05, 0.1) is 5.69 Å². The highest BCUT2D eigenvalue weighted by Gasteiger charge is 2.19. The molecule has 3 rings (SSSR count). The number of allylic oxidation sites excluding steroid dienone is 1. The Morgan fingerprint density at radius 1 is 1.08 bits per heavy atom. The molecular weight excluding hydrogens is 338 g/mol. The second-order valence-electron chi connectivity index (χ2n) is 7.15. The predicted molar refractivity (Wildman–Crippen MR) is 111 cm³/mol. The number of hydrogen-bond donors (Lipinski definition) is 0. The number of rotatable bonds is 5. The fourth-order valence-corrected chi connectivity index (χ4v) is 3.72. The van der Waals surface area contributed by atoms with Crippen LogP contribution in [0, 0.1) is 23.7 Å². The molecule has 0 N–H and O–H groups in total. The molecule has 1 nitrogen and oxygen atoms in total. The molecule has 0 atom stereocenters. The summed E-state index contributed by atoms with van der Waals surface area (Å²) in [4.78, 5) is 4.54. The van der Waals surface area contributed by atoms with Crippen LogP contribution in [0.15, 0.2) is 55.3 Å². The van der Waals surface area contributed by atoms with Crippen molar-refractivity contribution in [1.82, 2.24) is 4.98 Å². The van der Waals surface area contributed by atoms with E-state index in [4.69, 9.17) is 11.6 Å². The first kappa shape index (κ1) is 18.7. The van der Waals surface area contributed by atoms with Crippen molar-refractivity contribution < 1.29 is 0 Å². The van der Waals surface area contributed by atoms with E-state index in [0.29, 0.717) is 5.92 Å². The number of benzene rings is 1. The maximum absolute atomic E-state index is 5.94. The van der Waals surface area contributed by atoms with E-state index in [0.717, 1.165) is 34.2 Å². The fraction of sp³-hybridized carbons (Fsp3) is 0.375. The Morgan fingerprint density at radius 2 is 1.85 bits per heavy atom. The molecular formula is C24H26ClN. The summed E-state index contributed by atoms with van der Waals surface area (Å²) in [5.41, 5.74) is 3.02.